The van der Waals surface area contributed by atoms with Gasteiger partial charge in [0.15, 0.2) is 5.78 Å². The van der Waals surface area contributed by atoms with E-state index in [1.165, 1.54) is 5.56 Å². The van der Waals surface area contributed by atoms with Crippen molar-refractivity contribution in [2.45, 2.75) is 20.4 Å². The molecular formula is C18H16ClNO. The van der Waals surface area contributed by atoms with Crippen LogP contribution in [0.5, 0.6) is 0 Å². The van der Waals surface area contributed by atoms with Crippen LogP contribution < -0.4 is 0 Å². The topological polar surface area (TPSA) is 22.0 Å². The number of carbonyl (C=O) groups is 1. The normalized spacial score (nSPS) is 11.0. The maximum absolute atomic E-state index is 12.5. The molecule has 1 aromatic heterocycles. The second-order valence-corrected chi connectivity index (χ2v) is 5.75. The van der Waals surface area contributed by atoms with E-state index >= 15 is 0 Å². The molecular weight excluding hydrogens is 282 g/mol. The molecule has 3 aromatic rings. The molecule has 0 fully saturated rings. The van der Waals surface area contributed by atoms with Gasteiger partial charge < -0.3 is 4.57 Å². The molecule has 106 valence electrons. The molecule has 21 heavy (non-hydrogen) atoms. The third-order valence-corrected chi connectivity index (χ3v) is 4.23. The summed E-state index contributed by atoms with van der Waals surface area (Å²) in [6, 6.07) is 13.5. The molecule has 0 amide bonds. The molecule has 0 N–H and O–H groups in total. The minimum absolute atomic E-state index is 0.107. The van der Waals surface area contributed by atoms with Gasteiger partial charge in [-0.1, -0.05) is 29.8 Å². The van der Waals surface area contributed by atoms with Gasteiger partial charge in [0.05, 0.1) is 6.54 Å². The third-order valence-electron chi connectivity index (χ3n) is 3.90. The fourth-order valence-corrected chi connectivity index (χ4v) is 2.72. The van der Waals surface area contributed by atoms with Gasteiger partial charge in [-0.25, -0.2) is 0 Å². The van der Waals surface area contributed by atoms with Crippen molar-refractivity contribution >= 4 is 28.3 Å². The number of carbonyl (C=O) groups excluding carboxylic acids is 1. The summed E-state index contributed by atoms with van der Waals surface area (Å²) in [6.07, 6.45) is 1.91. The Balaban J connectivity index is 1.93. The molecule has 0 radical (unpaired) electrons. The Morgan fingerprint density at radius 3 is 2.67 bits per heavy atom. The van der Waals surface area contributed by atoms with E-state index in [0.717, 1.165) is 22.0 Å². The van der Waals surface area contributed by atoms with Crippen LogP contribution in [0.2, 0.25) is 5.02 Å². The molecule has 3 rings (SSSR count). The van der Waals surface area contributed by atoms with E-state index < -0.39 is 0 Å². The van der Waals surface area contributed by atoms with Crippen LogP contribution in [-0.4, -0.2) is 10.4 Å². The van der Waals surface area contributed by atoms with Gasteiger partial charge in [-0.3, -0.25) is 4.79 Å². The smallest absolute Gasteiger partial charge is 0.182 e. The fraction of sp³-hybridized carbons (Fsp3) is 0.167. The summed E-state index contributed by atoms with van der Waals surface area (Å²) in [5, 5.41) is 1.69. The summed E-state index contributed by atoms with van der Waals surface area (Å²) in [7, 11) is 0. The molecule has 2 aromatic carbocycles. The van der Waals surface area contributed by atoms with Crippen molar-refractivity contribution in [2.24, 2.45) is 0 Å². The number of halogens is 1. The Bertz CT molecular complexity index is 832. The van der Waals surface area contributed by atoms with Crippen LogP contribution >= 0.6 is 11.6 Å². The Morgan fingerprint density at radius 1 is 1.10 bits per heavy atom. The lowest BCUT2D eigenvalue weighted by Gasteiger charge is -2.07. The van der Waals surface area contributed by atoms with Gasteiger partial charge in [-0.2, -0.15) is 0 Å². The Hall–Kier alpha value is -2.06. The van der Waals surface area contributed by atoms with E-state index in [4.69, 9.17) is 11.6 Å². The van der Waals surface area contributed by atoms with Crippen LogP contribution in [0, 0.1) is 13.8 Å². The molecule has 0 unspecified atom stereocenters. The van der Waals surface area contributed by atoms with Crippen LogP contribution in [0.4, 0.5) is 0 Å². The van der Waals surface area contributed by atoms with Crippen LogP contribution in [0.25, 0.3) is 10.9 Å². The molecule has 0 aliphatic carbocycles. The van der Waals surface area contributed by atoms with Crippen LogP contribution in [0.15, 0.2) is 48.7 Å². The van der Waals surface area contributed by atoms with Gasteiger partial charge in [0.1, 0.15) is 0 Å². The molecule has 0 aliphatic rings. The Morgan fingerprint density at radius 2 is 1.90 bits per heavy atom. The second kappa shape index (κ2) is 5.38. The highest BCUT2D eigenvalue weighted by molar-refractivity contribution is 6.35. The number of benzene rings is 2. The van der Waals surface area contributed by atoms with Crippen LogP contribution in [-0.2, 0) is 6.54 Å². The largest absolute Gasteiger partial charge is 0.340 e. The maximum atomic E-state index is 12.5. The summed E-state index contributed by atoms with van der Waals surface area (Å²) < 4.78 is 1.94. The van der Waals surface area contributed by atoms with Crippen molar-refractivity contribution < 1.29 is 4.79 Å². The van der Waals surface area contributed by atoms with Gasteiger partial charge in [-0.05, 0) is 49.2 Å². The van der Waals surface area contributed by atoms with Crippen molar-refractivity contribution in [2.75, 3.05) is 0 Å². The second-order valence-electron chi connectivity index (χ2n) is 5.34. The number of aromatic nitrogens is 1. The predicted molar refractivity (Wildman–Crippen MR) is 87.2 cm³/mol. The minimum atomic E-state index is 0.107. The number of ketones is 1. The zero-order chi connectivity index (χ0) is 15.0. The SMILES string of the molecule is Cc1ccc(C(=O)Cn2ccc3c(Cl)cccc32)cc1C. The highest BCUT2D eigenvalue weighted by Gasteiger charge is 2.10. The van der Waals surface area contributed by atoms with Gasteiger partial charge >= 0.3 is 0 Å². The first-order chi connectivity index (χ1) is 10.1. The quantitative estimate of drug-likeness (QED) is 0.637. The zero-order valence-corrected chi connectivity index (χ0v) is 12.8. The van der Waals surface area contributed by atoms with E-state index in [1.54, 1.807) is 0 Å². The third kappa shape index (κ3) is 2.59. The standard InChI is InChI=1S/C18H16ClNO/c1-12-6-7-14(10-13(12)2)18(21)11-20-9-8-15-16(19)4-3-5-17(15)20/h3-10H,11H2,1-2H3. The summed E-state index contributed by atoms with van der Waals surface area (Å²) in [5.41, 5.74) is 4.08. The molecule has 3 heteroatoms. The predicted octanol–water partition coefficient (Wildman–Crippen LogP) is 4.79. The lowest BCUT2D eigenvalue weighted by molar-refractivity contribution is 0.0973. The van der Waals surface area contributed by atoms with Gasteiger partial charge in [-0.15, -0.1) is 0 Å². The van der Waals surface area contributed by atoms with Crippen LogP contribution in [0.1, 0.15) is 21.5 Å². The van der Waals surface area contributed by atoms with E-state index in [0.29, 0.717) is 11.6 Å². The number of hydrogen-bond acceptors (Lipinski definition) is 1. The van der Waals surface area contributed by atoms with Crippen molar-refractivity contribution in [1.29, 1.82) is 0 Å². The van der Waals surface area contributed by atoms with E-state index in [9.17, 15) is 4.79 Å². The van der Waals surface area contributed by atoms with Crippen LogP contribution in [0.3, 0.4) is 0 Å². The first-order valence-electron chi connectivity index (χ1n) is 6.90. The number of Topliss-reactive ketones (excluding diaryl/α,β-unsaturated/α-hetero) is 1. The van der Waals surface area contributed by atoms with Crippen molar-refractivity contribution in [3.05, 3.63) is 70.4 Å². The Labute approximate surface area is 129 Å². The van der Waals surface area contributed by atoms with Gasteiger partial charge in [0.25, 0.3) is 0 Å². The number of aryl methyl sites for hydroxylation is 2. The molecule has 1 heterocycles. The van der Waals surface area contributed by atoms with E-state index in [-0.39, 0.29) is 5.78 Å². The zero-order valence-electron chi connectivity index (χ0n) is 12.1. The molecule has 0 saturated carbocycles. The minimum Gasteiger partial charge on any atom is -0.340 e. The molecule has 0 bridgehead atoms. The Kier molecular flexibility index (Phi) is 3.56. The summed E-state index contributed by atoms with van der Waals surface area (Å²) >= 11 is 6.16. The molecule has 0 atom stereocenters. The highest BCUT2D eigenvalue weighted by Crippen LogP contribution is 2.24. The monoisotopic (exact) mass is 297 g/mol. The first kappa shape index (κ1) is 13.9. The lowest BCUT2D eigenvalue weighted by atomic mass is 10.0. The maximum Gasteiger partial charge on any atom is 0.182 e. The highest BCUT2D eigenvalue weighted by atomic mass is 35.5. The molecule has 0 aliphatic heterocycles. The molecule has 0 spiro atoms. The molecule has 2 nitrogen and oxygen atoms in total. The van der Waals surface area contributed by atoms with Crippen molar-refractivity contribution in [1.82, 2.24) is 4.57 Å². The van der Waals surface area contributed by atoms with Gasteiger partial charge in [0, 0.05) is 27.7 Å². The first-order valence-corrected chi connectivity index (χ1v) is 7.28. The summed E-state index contributed by atoms with van der Waals surface area (Å²) in [4.78, 5) is 12.5. The molecule has 0 saturated heterocycles. The van der Waals surface area contributed by atoms with E-state index in [2.05, 4.69) is 0 Å². The number of fused-ring (bicyclic) bond motifs is 1. The van der Waals surface area contributed by atoms with E-state index in [1.807, 2.05) is 67.1 Å². The lowest BCUT2D eigenvalue weighted by Crippen LogP contribution is -2.09. The number of hydrogen-bond donors (Lipinski definition) is 0. The van der Waals surface area contributed by atoms with Crippen molar-refractivity contribution in [3.63, 3.8) is 0 Å². The average molecular weight is 298 g/mol. The van der Waals surface area contributed by atoms with Gasteiger partial charge in [0.2, 0.25) is 0 Å². The number of rotatable bonds is 3. The summed E-state index contributed by atoms with van der Waals surface area (Å²) in [5.74, 6) is 0.107. The number of nitrogens with zero attached hydrogens (tertiary/aromatic N) is 1. The van der Waals surface area contributed by atoms with Crippen molar-refractivity contribution in [3.8, 4) is 0 Å². The average Bonchev–Trinajstić information content (AvgIpc) is 2.86. The summed E-state index contributed by atoms with van der Waals surface area (Å²) in [6.45, 7) is 4.40. The fourth-order valence-electron chi connectivity index (χ4n) is 2.48.